The zero-order valence-electron chi connectivity index (χ0n) is 9.37. The maximum Gasteiger partial charge on any atom is 0.390 e. The Balaban J connectivity index is 2.31. The van der Waals surface area contributed by atoms with Crippen LogP contribution in [0.3, 0.4) is 0 Å². The Morgan fingerprint density at radius 1 is 1.17 bits per heavy atom. The lowest BCUT2D eigenvalue weighted by atomic mass is 10.2. The van der Waals surface area contributed by atoms with Gasteiger partial charge in [-0.15, -0.1) is 0 Å². The predicted octanol–water partition coefficient (Wildman–Crippen LogP) is 4.17. The third-order valence-electron chi connectivity index (χ3n) is 2.56. The van der Waals surface area contributed by atoms with Crippen molar-refractivity contribution in [1.82, 2.24) is 9.55 Å². The lowest BCUT2D eigenvalue weighted by Crippen LogP contribution is -2.12. The molecule has 6 heteroatoms. The average molecular weight is 272 g/mol. The van der Waals surface area contributed by atoms with Crippen molar-refractivity contribution in [2.45, 2.75) is 19.1 Å². The van der Waals surface area contributed by atoms with Crippen molar-refractivity contribution < 1.29 is 13.2 Å². The van der Waals surface area contributed by atoms with Gasteiger partial charge in [0.25, 0.3) is 0 Å². The quantitative estimate of drug-likeness (QED) is 0.832. The zero-order chi connectivity index (χ0) is 13.2. The summed E-state index contributed by atoms with van der Waals surface area (Å²) in [4.78, 5) is 2.78. The van der Waals surface area contributed by atoms with Gasteiger partial charge in [-0.2, -0.15) is 13.2 Å². The van der Waals surface area contributed by atoms with Crippen LogP contribution in [0.2, 0.25) is 0 Å². The highest BCUT2D eigenvalue weighted by atomic mass is 32.1. The van der Waals surface area contributed by atoms with E-state index in [2.05, 4.69) is 4.98 Å². The summed E-state index contributed by atoms with van der Waals surface area (Å²) in [7, 11) is 0. The van der Waals surface area contributed by atoms with Gasteiger partial charge in [0.15, 0.2) is 4.77 Å². The van der Waals surface area contributed by atoms with Crippen molar-refractivity contribution >= 4 is 12.2 Å². The molecule has 0 unspecified atom stereocenters. The number of H-pyrrole nitrogens is 1. The van der Waals surface area contributed by atoms with E-state index in [1.54, 1.807) is 6.20 Å². The highest BCUT2D eigenvalue weighted by Gasteiger charge is 2.27. The van der Waals surface area contributed by atoms with Gasteiger partial charge < -0.3 is 9.55 Å². The first-order chi connectivity index (χ1) is 8.47. The van der Waals surface area contributed by atoms with Gasteiger partial charge in [-0.05, 0) is 17.8 Å². The van der Waals surface area contributed by atoms with Crippen LogP contribution in [0.4, 0.5) is 13.2 Å². The number of nitrogens with one attached hydrogen (secondary N) is 1. The number of alkyl halides is 3. The Bertz CT molecular complexity index is 569. The normalized spacial score (nSPS) is 11.7. The van der Waals surface area contributed by atoms with Gasteiger partial charge in [-0.3, -0.25) is 0 Å². The van der Waals surface area contributed by atoms with Crippen LogP contribution in [0.25, 0.3) is 11.3 Å². The first-order valence-electron chi connectivity index (χ1n) is 5.38. The highest BCUT2D eigenvalue weighted by Crippen LogP contribution is 2.24. The number of benzene rings is 1. The molecule has 18 heavy (non-hydrogen) atoms. The second-order valence-electron chi connectivity index (χ2n) is 3.86. The Kier molecular flexibility index (Phi) is 3.56. The maximum absolute atomic E-state index is 12.3. The fraction of sp³-hybridized carbons (Fsp3) is 0.250. The first-order valence-corrected chi connectivity index (χ1v) is 5.78. The SMILES string of the molecule is FC(F)(F)CCn1c(-c2ccccc2)c[nH]c1=S. The van der Waals surface area contributed by atoms with Gasteiger partial charge in [-0.25, -0.2) is 0 Å². The van der Waals surface area contributed by atoms with E-state index in [0.29, 0.717) is 10.5 Å². The van der Waals surface area contributed by atoms with Crippen LogP contribution < -0.4 is 0 Å². The van der Waals surface area contributed by atoms with Crippen LogP contribution >= 0.6 is 12.2 Å². The minimum atomic E-state index is -4.18. The number of aromatic amines is 1. The third-order valence-corrected chi connectivity index (χ3v) is 2.89. The largest absolute Gasteiger partial charge is 0.390 e. The number of hydrogen-bond donors (Lipinski definition) is 1. The molecule has 2 nitrogen and oxygen atoms in total. The van der Waals surface area contributed by atoms with Gasteiger partial charge in [0.05, 0.1) is 12.1 Å². The molecular formula is C12H11F3N2S. The standard InChI is InChI=1S/C12H11F3N2S/c13-12(14,15)6-7-17-10(8-16-11(17)18)9-4-2-1-3-5-9/h1-5,8H,6-7H2,(H,16,18). The smallest absolute Gasteiger partial charge is 0.337 e. The fourth-order valence-corrected chi connectivity index (χ4v) is 1.95. The van der Waals surface area contributed by atoms with E-state index in [4.69, 9.17) is 12.2 Å². The molecule has 96 valence electrons. The van der Waals surface area contributed by atoms with Crippen LogP contribution in [-0.2, 0) is 6.54 Å². The molecule has 0 aliphatic rings. The molecule has 0 saturated heterocycles. The molecule has 2 rings (SSSR count). The number of aromatic nitrogens is 2. The van der Waals surface area contributed by atoms with E-state index >= 15 is 0 Å². The molecule has 0 atom stereocenters. The van der Waals surface area contributed by atoms with Crippen molar-refractivity contribution in [2.24, 2.45) is 0 Å². The molecule has 0 aliphatic carbocycles. The molecule has 0 aliphatic heterocycles. The first kappa shape index (κ1) is 12.9. The summed E-state index contributed by atoms with van der Waals surface area (Å²) in [6.45, 7) is -0.171. The molecule has 1 heterocycles. The van der Waals surface area contributed by atoms with Crippen LogP contribution in [0, 0.1) is 4.77 Å². The summed E-state index contributed by atoms with van der Waals surface area (Å²) in [6, 6.07) is 9.19. The second kappa shape index (κ2) is 4.97. The van der Waals surface area contributed by atoms with E-state index in [-0.39, 0.29) is 6.54 Å². The minimum absolute atomic E-state index is 0.171. The molecule has 2 aromatic rings. The number of rotatable bonds is 3. The van der Waals surface area contributed by atoms with E-state index in [9.17, 15) is 13.2 Å². The van der Waals surface area contributed by atoms with E-state index < -0.39 is 12.6 Å². The summed E-state index contributed by atoms with van der Waals surface area (Å²) in [5.74, 6) is 0. The lowest BCUT2D eigenvalue weighted by Gasteiger charge is -2.10. The molecule has 0 amide bonds. The topological polar surface area (TPSA) is 20.7 Å². The average Bonchev–Trinajstić information content (AvgIpc) is 2.68. The zero-order valence-corrected chi connectivity index (χ0v) is 10.2. The number of hydrogen-bond acceptors (Lipinski definition) is 1. The predicted molar refractivity (Wildman–Crippen MR) is 65.7 cm³/mol. The Morgan fingerprint density at radius 3 is 2.44 bits per heavy atom. The van der Waals surface area contributed by atoms with Crippen molar-refractivity contribution in [3.8, 4) is 11.3 Å². The van der Waals surface area contributed by atoms with Gasteiger partial charge >= 0.3 is 6.18 Å². The summed E-state index contributed by atoms with van der Waals surface area (Å²) in [5.41, 5.74) is 1.51. The molecular weight excluding hydrogens is 261 g/mol. The van der Waals surface area contributed by atoms with Crippen molar-refractivity contribution in [2.75, 3.05) is 0 Å². The van der Waals surface area contributed by atoms with Gasteiger partial charge in [0.1, 0.15) is 0 Å². The summed E-state index contributed by atoms with van der Waals surface area (Å²) in [5, 5.41) is 0. The summed E-state index contributed by atoms with van der Waals surface area (Å²) >= 11 is 5.00. The Hall–Kier alpha value is -1.56. The van der Waals surface area contributed by atoms with Crippen LogP contribution in [0.1, 0.15) is 6.42 Å². The van der Waals surface area contributed by atoms with E-state index in [1.165, 1.54) is 4.57 Å². The molecule has 0 bridgehead atoms. The van der Waals surface area contributed by atoms with Crippen molar-refractivity contribution in [3.63, 3.8) is 0 Å². The molecule has 1 aromatic carbocycles. The van der Waals surface area contributed by atoms with Gasteiger partial charge in [-0.1, -0.05) is 30.3 Å². The van der Waals surface area contributed by atoms with Gasteiger partial charge in [0.2, 0.25) is 0 Å². The number of nitrogens with zero attached hydrogens (tertiary/aromatic N) is 1. The molecule has 0 spiro atoms. The van der Waals surface area contributed by atoms with E-state index in [0.717, 1.165) is 5.56 Å². The van der Waals surface area contributed by atoms with Crippen LogP contribution in [-0.4, -0.2) is 15.7 Å². The third kappa shape index (κ3) is 3.01. The molecule has 0 saturated carbocycles. The Labute approximate surface area is 107 Å². The van der Waals surface area contributed by atoms with Crippen LogP contribution in [0.5, 0.6) is 0 Å². The van der Waals surface area contributed by atoms with Crippen molar-refractivity contribution in [3.05, 3.63) is 41.3 Å². The highest BCUT2D eigenvalue weighted by molar-refractivity contribution is 7.71. The summed E-state index contributed by atoms with van der Waals surface area (Å²) < 4.78 is 38.5. The molecule has 1 N–H and O–H groups in total. The van der Waals surface area contributed by atoms with E-state index in [1.807, 2.05) is 30.3 Å². The maximum atomic E-state index is 12.3. The van der Waals surface area contributed by atoms with Gasteiger partial charge in [0, 0.05) is 12.7 Å². The van der Waals surface area contributed by atoms with Crippen LogP contribution in [0.15, 0.2) is 36.5 Å². The second-order valence-corrected chi connectivity index (χ2v) is 4.25. The molecule has 0 fully saturated rings. The minimum Gasteiger partial charge on any atom is -0.337 e. The fourth-order valence-electron chi connectivity index (χ4n) is 1.70. The molecule has 0 radical (unpaired) electrons. The monoisotopic (exact) mass is 272 g/mol. The number of imidazole rings is 1. The van der Waals surface area contributed by atoms with Crippen molar-refractivity contribution in [1.29, 1.82) is 0 Å². The summed E-state index contributed by atoms with van der Waals surface area (Å²) in [6.07, 6.45) is -3.44. The lowest BCUT2D eigenvalue weighted by molar-refractivity contribution is -0.136. The number of halogens is 3. The Morgan fingerprint density at radius 2 is 1.83 bits per heavy atom. The molecule has 1 aromatic heterocycles.